The van der Waals surface area contributed by atoms with Crippen LogP contribution >= 0.6 is 0 Å². The van der Waals surface area contributed by atoms with Gasteiger partial charge in [-0.1, -0.05) is 60.7 Å². The van der Waals surface area contributed by atoms with Crippen LogP contribution in [0.5, 0.6) is 0 Å². The summed E-state index contributed by atoms with van der Waals surface area (Å²) >= 11 is 0. The molecule has 2 heterocycles. The number of nitrogens with one attached hydrogen (secondary N) is 1. The van der Waals surface area contributed by atoms with Gasteiger partial charge in [-0.05, 0) is 30.7 Å². The maximum Gasteiger partial charge on any atom is 0.279 e. The van der Waals surface area contributed by atoms with Gasteiger partial charge in [-0.15, -0.1) is 10.2 Å². The molecule has 0 bridgehead atoms. The van der Waals surface area contributed by atoms with E-state index < -0.39 is 0 Å². The fraction of sp³-hybridized carbons (Fsp3) is 0.286. The molecule has 1 N–H and O–H groups in total. The molecular formula is C21H22N4O. The van der Waals surface area contributed by atoms with Crippen molar-refractivity contribution < 1.29 is 0 Å². The van der Waals surface area contributed by atoms with Crippen molar-refractivity contribution >= 4 is 5.95 Å². The summed E-state index contributed by atoms with van der Waals surface area (Å²) in [4.78, 5) is 17.4. The van der Waals surface area contributed by atoms with E-state index in [0.29, 0.717) is 17.6 Å². The lowest BCUT2D eigenvalue weighted by Crippen LogP contribution is -2.36. The first kappa shape index (κ1) is 16.5. The van der Waals surface area contributed by atoms with Crippen molar-refractivity contribution in [3.05, 3.63) is 76.6 Å². The standard InChI is InChI=1S/C21H22N4O/c26-20-19(18-9-5-2-6-10-18)23-24-21(22-20)25-13-11-17(12-14-25)15-16-7-3-1-4-8-16/h1-10,17H,11-15H2,(H,22,24,26). The summed E-state index contributed by atoms with van der Waals surface area (Å²) in [5.74, 6) is 1.25. The minimum Gasteiger partial charge on any atom is -0.341 e. The molecule has 1 saturated heterocycles. The predicted molar refractivity (Wildman–Crippen MR) is 103 cm³/mol. The van der Waals surface area contributed by atoms with Gasteiger partial charge in [-0.3, -0.25) is 9.78 Å². The number of H-pyrrole nitrogens is 1. The topological polar surface area (TPSA) is 61.9 Å². The molecule has 0 amide bonds. The van der Waals surface area contributed by atoms with Crippen LogP contribution in [0.25, 0.3) is 11.3 Å². The molecule has 26 heavy (non-hydrogen) atoms. The van der Waals surface area contributed by atoms with E-state index >= 15 is 0 Å². The van der Waals surface area contributed by atoms with Crippen LogP contribution in [0.3, 0.4) is 0 Å². The van der Waals surface area contributed by atoms with Gasteiger partial charge >= 0.3 is 0 Å². The predicted octanol–water partition coefficient (Wildman–Crippen LogP) is 3.29. The minimum absolute atomic E-state index is 0.187. The number of aromatic nitrogens is 3. The fourth-order valence-electron chi connectivity index (χ4n) is 3.55. The average molecular weight is 346 g/mol. The van der Waals surface area contributed by atoms with Crippen LogP contribution < -0.4 is 10.5 Å². The summed E-state index contributed by atoms with van der Waals surface area (Å²) in [6, 6.07) is 20.1. The second-order valence-electron chi connectivity index (χ2n) is 6.81. The lowest BCUT2D eigenvalue weighted by Gasteiger charge is -2.32. The minimum atomic E-state index is -0.187. The third kappa shape index (κ3) is 3.67. The van der Waals surface area contributed by atoms with Gasteiger partial charge in [0.15, 0.2) is 5.69 Å². The Labute approximate surface area is 152 Å². The van der Waals surface area contributed by atoms with E-state index in [9.17, 15) is 4.79 Å². The molecule has 1 fully saturated rings. The highest BCUT2D eigenvalue weighted by atomic mass is 16.1. The lowest BCUT2D eigenvalue weighted by atomic mass is 9.90. The molecule has 5 heteroatoms. The molecule has 5 nitrogen and oxygen atoms in total. The van der Waals surface area contributed by atoms with Crippen molar-refractivity contribution in [1.82, 2.24) is 15.2 Å². The number of benzene rings is 2. The largest absolute Gasteiger partial charge is 0.341 e. The second kappa shape index (κ2) is 7.52. The Kier molecular flexibility index (Phi) is 4.78. The van der Waals surface area contributed by atoms with E-state index in [2.05, 4.69) is 50.4 Å². The average Bonchev–Trinajstić information content (AvgIpc) is 2.70. The molecule has 4 rings (SSSR count). The molecule has 2 aromatic carbocycles. The smallest absolute Gasteiger partial charge is 0.279 e. The van der Waals surface area contributed by atoms with Crippen LogP contribution in [-0.2, 0) is 6.42 Å². The Morgan fingerprint density at radius 2 is 1.58 bits per heavy atom. The Bertz CT molecular complexity index is 900. The maximum absolute atomic E-state index is 12.4. The zero-order chi connectivity index (χ0) is 17.8. The van der Waals surface area contributed by atoms with Gasteiger partial charge in [-0.25, -0.2) is 0 Å². The summed E-state index contributed by atoms with van der Waals surface area (Å²) in [6.45, 7) is 1.79. The third-order valence-corrected chi connectivity index (χ3v) is 5.01. The Hall–Kier alpha value is -2.95. The van der Waals surface area contributed by atoms with Crippen LogP contribution in [0.4, 0.5) is 5.95 Å². The maximum atomic E-state index is 12.4. The van der Waals surface area contributed by atoms with Gasteiger partial charge in [-0.2, -0.15) is 0 Å². The van der Waals surface area contributed by atoms with Crippen molar-refractivity contribution in [3.63, 3.8) is 0 Å². The first-order chi connectivity index (χ1) is 12.8. The summed E-state index contributed by atoms with van der Waals surface area (Å²) in [5.41, 5.74) is 2.36. The number of piperidine rings is 1. The van der Waals surface area contributed by atoms with Crippen LogP contribution in [-0.4, -0.2) is 28.3 Å². The molecule has 1 aliphatic rings. The van der Waals surface area contributed by atoms with E-state index in [1.54, 1.807) is 0 Å². The van der Waals surface area contributed by atoms with Crippen LogP contribution in [0.1, 0.15) is 18.4 Å². The van der Waals surface area contributed by atoms with Crippen molar-refractivity contribution in [2.45, 2.75) is 19.3 Å². The van der Waals surface area contributed by atoms with E-state index in [0.717, 1.165) is 37.9 Å². The van der Waals surface area contributed by atoms with Gasteiger partial charge < -0.3 is 4.90 Å². The lowest BCUT2D eigenvalue weighted by molar-refractivity contribution is 0.400. The molecule has 0 aliphatic carbocycles. The molecule has 0 saturated carbocycles. The number of nitrogens with zero attached hydrogens (tertiary/aromatic N) is 3. The summed E-state index contributed by atoms with van der Waals surface area (Å²) in [6.07, 6.45) is 3.31. The van der Waals surface area contributed by atoms with Crippen molar-refractivity contribution in [2.75, 3.05) is 18.0 Å². The van der Waals surface area contributed by atoms with Gasteiger partial charge in [0.2, 0.25) is 5.95 Å². The van der Waals surface area contributed by atoms with E-state index in [1.165, 1.54) is 5.56 Å². The van der Waals surface area contributed by atoms with Crippen molar-refractivity contribution in [2.24, 2.45) is 5.92 Å². The van der Waals surface area contributed by atoms with Crippen LogP contribution in [0.15, 0.2) is 65.5 Å². The zero-order valence-electron chi connectivity index (χ0n) is 14.6. The first-order valence-corrected chi connectivity index (χ1v) is 9.11. The number of rotatable bonds is 4. The normalized spacial score (nSPS) is 15.2. The van der Waals surface area contributed by atoms with Crippen LogP contribution in [0, 0.1) is 5.92 Å². The molecule has 0 unspecified atom stereocenters. The van der Waals surface area contributed by atoms with Gasteiger partial charge in [0, 0.05) is 18.7 Å². The van der Waals surface area contributed by atoms with E-state index in [1.807, 2.05) is 30.3 Å². The monoisotopic (exact) mass is 346 g/mol. The molecule has 0 spiro atoms. The summed E-state index contributed by atoms with van der Waals surface area (Å²) < 4.78 is 0. The number of aromatic amines is 1. The molecule has 0 radical (unpaired) electrons. The third-order valence-electron chi connectivity index (χ3n) is 5.01. The number of hydrogen-bond donors (Lipinski definition) is 1. The van der Waals surface area contributed by atoms with Gasteiger partial charge in [0.05, 0.1) is 0 Å². The molecule has 3 aromatic rings. The number of anilines is 1. The molecule has 132 valence electrons. The van der Waals surface area contributed by atoms with Gasteiger partial charge in [0.1, 0.15) is 0 Å². The number of hydrogen-bond acceptors (Lipinski definition) is 4. The Morgan fingerprint density at radius 3 is 2.23 bits per heavy atom. The fourth-order valence-corrected chi connectivity index (χ4v) is 3.55. The highest BCUT2D eigenvalue weighted by Gasteiger charge is 2.21. The Morgan fingerprint density at radius 1 is 0.923 bits per heavy atom. The first-order valence-electron chi connectivity index (χ1n) is 9.11. The molecular weight excluding hydrogens is 324 g/mol. The second-order valence-corrected chi connectivity index (χ2v) is 6.81. The molecule has 1 aromatic heterocycles. The van der Waals surface area contributed by atoms with Crippen LogP contribution in [0.2, 0.25) is 0 Å². The highest BCUT2D eigenvalue weighted by molar-refractivity contribution is 5.57. The zero-order valence-corrected chi connectivity index (χ0v) is 14.6. The van der Waals surface area contributed by atoms with E-state index in [4.69, 9.17) is 0 Å². The van der Waals surface area contributed by atoms with E-state index in [-0.39, 0.29) is 5.56 Å². The Balaban J connectivity index is 1.42. The summed E-state index contributed by atoms with van der Waals surface area (Å²) in [7, 11) is 0. The SMILES string of the molecule is O=c1[nH]c(N2CCC(Cc3ccccc3)CC2)nnc1-c1ccccc1. The quantitative estimate of drug-likeness (QED) is 0.787. The van der Waals surface area contributed by atoms with Gasteiger partial charge in [0.25, 0.3) is 5.56 Å². The van der Waals surface area contributed by atoms with Crippen molar-refractivity contribution in [1.29, 1.82) is 0 Å². The van der Waals surface area contributed by atoms with Crippen molar-refractivity contribution in [3.8, 4) is 11.3 Å². The summed E-state index contributed by atoms with van der Waals surface area (Å²) in [5, 5.41) is 8.44. The highest BCUT2D eigenvalue weighted by Crippen LogP contribution is 2.23. The molecule has 1 aliphatic heterocycles. The molecule has 0 atom stereocenters.